The van der Waals surface area contributed by atoms with Crippen molar-refractivity contribution < 1.29 is 31.9 Å². The zero-order chi connectivity index (χ0) is 23.1. The van der Waals surface area contributed by atoms with E-state index in [-0.39, 0.29) is 18.7 Å². The van der Waals surface area contributed by atoms with Crippen molar-refractivity contribution in [2.45, 2.75) is 31.7 Å². The van der Waals surface area contributed by atoms with Gasteiger partial charge < -0.3 is 15.3 Å². The summed E-state index contributed by atoms with van der Waals surface area (Å²) in [6.07, 6.45) is -6.22. The van der Waals surface area contributed by atoms with Crippen LogP contribution in [0.1, 0.15) is 23.2 Å². The van der Waals surface area contributed by atoms with Crippen LogP contribution in [0.5, 0.6) is 0 Å². The number of carbonyl (C=O) groups is 1. The number of halogens is 6. The average molecular weight is 461 g/mol. The third-order valence-electron chi connectivity index (χ3n) is 4.72. The fourth-order valence-electron chi connectivity index (χ4n) is 3.35. The molecule has 0 saturated carbocycles. The van der Waals surface area contributed by atoms with Gasteiger partial charge in [-0.25, -0.2) is 13.8 Å². The molecule has 31 heavy (non-hydrogen) atoms. The number of pyridine rings is 1. The first-order valence-corrected chi connectivity index (χ1v) is 9.21. The fraction of sp³-hybridized carbons (Fsp3) is 0.316. The first-order chi connectivity index (χ1) is 14.4. The number of carbonyl (C=O) groups excluding carboxylic acids is 1. The summed E-state index contributed by atoms with van der Waals surface area (Å²) >= 11 is 5.59. The number of aromatic nitrogens is 1. The lowest BCUT2D eigenvalue weighted by molar-refractivity contribution is -0.137. The number of aliphatic hydroxyl groups is 1. The van der Waals surface area contributed by atoms with Crippen molar-refractivity contribution in [1.29, 1.82) is 5.26 Å². The van der Waals surface area contributed by atoms with Gasteiger partial charge in [0.05, 0.1) is 22.4 Å². The molecule has 0 unspecified atom stereocenters. The number of nitrogens with zero attached hydrogens (tertiary/aromatic N) is 3. The number of aryl methyl sites for hydroxylation is 1. The molecule has 2 atom stereocenters. The molecule has 0 radical (unpaired) electrons. The van der Waals surface area contributed by atoms with Gasteiger partial charge in [-0.2, -0.15) is 18.4 Å². The summed E-state index contributed by atoms with van der Waals surface area (Å²) in [5.74, 6) is -3.61. The van der Waals surface area contributed by atoms with Gasteiger partial charge in [0.25, 0.3) is 0 Å². The summed E-state index contributed by atoms with van der Waals surface area (Å²) in [4.78, 5) is 17.8. The van der Waals surface area contributed by atoms with E-state index < -0.39 is 63.5 Å². The van der Waals surface area contributed by atoms with E-state index in [9.17, 15) is 37.1 Å². The van der Waals surface area contributed by atoms with Crippen LogP contribution in [0.4, 0.5) is 33.5 Å². The van der Waals surface area contributed by atoms with Crippen LogP contribution in [0, 0.1) is 29.9 Å². The van der Waals surface area contributed by atoms with E-state index in [0.717, 1.165) is 11.0 Å². The second-order valence-corrected chi connectivity index (χ2v) is 7.26. The minimum Gasteiger partial charge on any atom is -0.390 e. The number of hydrogen-bond donors (Lipinski definition) is 2. The van der Waals surface area contributed by atoms with E-state index in [2.05, 4.69) is 10.3 Å². The van der Waals surface area contributed by atoms with E-state index in [1.165, 1.54) is 13.0 Å². The lowest BCUT2D eigenvalue weighted by Gasteiger charge is -2.28. The third-order valence-corrected chi connectivity index (χ3v) is 5.01. The predicted molar refractivity (Wildman–Crippen MR) is 100 cm³/mol. The SMILES string of the molecule is Cc1cc(C(F)(F)F)c(C#N)c(N2CC[C@H](O)[C@H]2C(=O)Nc2cc(Cl)c(F)cc2F)n1. The molecule has 1 aromatic heterocycles. The molecule has 2 aromatic rings. The molecule has 164 valence electrons. The van der Waals surface area contributed by atoms with Crippen molar-refractivity contribution in [3.8, 4) is 6.07 Å². The Morgan fingerprint density at radius 2 is 2.00 bits per heavy atom. The fourth-order valence-corrected chi connectivity index (χ4v) is 3.52. The third kappa shape index (κ3) is 4.40. The van der Waals surface area contributed by atoms with Gasteiger partial charge in [-0.05, 0) is 25.5 Å². The molecule has 2 N–H and O–H groups in total. The number of rotatable bonds is 3. The average Bonchev–Trinajstić information content (AvgIpc) is 3.06. The van der Waals surface area contributed by atoms with Crippen LogP contribution >= 0.6 is 11.6 Å². The number of aliphatic hydroxyl groups excluding tert-OH is 1. The Bertz CT molecular complexity index is 1090. The van der Waals surface area contributed by atoms with Gasteiger partial charge in [0.15, 0.2) is 0 Å². The molecule has 1 fully saturated rings. The summed E-state index contributed by atoms with van der Waals surface area (Å²) in [6, 6.07) is 1.97. The summed E-state index contributed by atoms with van der Waals surface area (Å²) in [6.45, 7) is 1.20. The number of hydrogen-bond acceptors (Lipinski definition) is 5. The maximum absolute atomic E-state index is 14.0. The smallest absolute Gasteiger partial charge is 0.390 e. The van der Waals surface area contributed by atoms with Crippen molar-refractivity contribution in [2.75, 3.05) is 16.8 Å². The first kappa shape index (κ1) is 22.7. The largest absolute Gasteiger partial charge is 0.417 e. The Hall–Kier alpha value is -2.97. The number of alkyl halides is 3. The summed E-state index contributed by atoms with van der Waals surface area (Å²) in [5.41, 5.74) is -2.57. The molecule has 12 heteroatoms. The topological polar surface area (TPSA) is 89.3 Å². The number of nitrogens with one attached hydrogen (secondary N) is 1. The van der Waals surface area contributed by atoms with E-state index in [1.54, 1.807) is 0 Å². The van der Waals surface area contributed by atoms with Crippen LogP contribution in [0.15, 0.2) is 18.2 Å². The van der Waals surface area contributed by atoms with E-state index in [1.807, 2.05) is 0 Å². The van der Waals surface area contributed by atoms with Gasteiger partial charge in [0.2, 0.25) is 5.91 Å². The van der Waals surface area contributed by atoms with Crippen molar-refractivity contribution in [2.24, 2.45) is 0 Å². The molecule has 1 aliphatic heterocycles. The zero-order valence-corrected chi connectivity index (χ0v) is 16.5. The van der Waals surface area contributed by atoms with Crippen molar-refractivity contribution in [1.82, 2.24) is 4.98 Å². The van der Waals surface area contributed by atoms with Gasteiger partial charge in [0.1, 0.15) is 35.1 Å². The minimum absolute atomic E-state index is 0.0212. The molecule has 6 nitrogen and oxygen atoms in total. The highest BCUT2D eigenvalue weighted by atomic mass is 35.5. The summed E-state index contributed by atoms with van der Waals surface area (Å²) < 4.78 is 67.5. The van der Waals surface area contributed by atoms with E-state index in [4.69, 9.17) is 11.6 Å². The Morgan fingerprint density at radius 3 is 2.61 bits per heavy atom. The summed E-state index contributed by atoms with van der Waals surface area (Å²) in [5, 5.41) is 21.3. The molecule has 1 amide bonds. The lowest BCUT2D eigenvalue weighted by atomic mass is 10.1. The Morgan fingerprint density at radius 1 is 1.32 bits per heavy atom. The molecule has 0 spiro atoms. The second-order valence-electron chi connectivity index (χ2n) is 6.85. The molecule has 1 saturated heterocycles. The van der Waals surface area contributed by atoms with Gasteiger partial charge in [-0.15, -0.1) is 0 Å². The molecular formula is C19H14ClF5N4O2. The van der Waals surface area contributed by atoms with E-state index >= 15 is 0 Å². The number of amides is 1. The van der Waals surface area contributed by atoms with Gasteiger partial charge in [-0.1, -0.05) is 11.6 Å². The van der Waals surface area contributed by atoms with Crippen LogP contribution in [0.3, 0.4) is 0 Å². The Balaban J connectivity index is 2.02. The van der Waals surface area contributed by atoms with Crippen LogP contribution in [-0.2, 0) is 11.0 Å². The molecule has 3 rings (SSSR count). The van der Waals surface area contributed by atoms with Crippen LogP contribution in [-0.4, -0.2) is 34.7 Å². The molecule has 0 aliphatic carbocycles. The Labute approximate surface area is 177 Å². The van der Waals surface area contributed by atoms with Gasteiger partial charge in [-0.3, -0.25) is 4.79 Å². The highest BCUT2D eigenvalue weighted by Crippen LogP contribution is 2.38. The first-order valence-electron chi connectivity index (χ1n) is 8.83. The number of benzene rings is 1. The van der Waals surface area contributed by atoms with Crippen molar-refractivity contribution in [3.05, 3.63) is 51.7 Å². The molecule has 1 aliphatic rings. The quantitative estimate of drug-likeness (QED) is 0.537. The second kappa shape index (κ2) is 8.28. The van der Waals surface area contributed by atoms with Crippen LogP contribution in [0.2, 0.25) is 5.02 Å². The maximum atomic E-state index is 14.0. The molecular weight excluding hydrogens is 447 g/mol. The normalized spacial score (nSPS) is 18.7. The number of anilines is 2. The summed E-state index contributed by atoms with van der Waals surface area (Å²) in [7, 11) is 0. The van der Waals surface area contributed by atoms with Crippen molar-refractivity contribution in [3.63, 3.8) is 0 Å². The van der Waals surface area contributed by atoms with Gasteiger partial charge in [0, 0.05) is 18.3 Å². The predicted octanol–water partition coefficient (Wildman–Crippen LogP) is 3.79. The standard InChI is InChI=1S/C19H14ClF5N4O2/c1-8-4-10(19(23,24)25)9(7-26)17(27-8)29-3-2-15(30)16(29)18(31)28-14-5-11(20)12(21)6-13(14)22/h4-6,15-16,30H,2-3H2,1H3,(H,28,31)/t15-,16-/m0/s1. The molecule has 1 aromatic carbocycles. The number of nitriles is 1. The Kier molecular flexibility index (Phi) is 6.07. The molecule has 0 bridgehead atoms. The van der Waals surface area contributed by atoms with Crippen molar-refractivity contribution >= 4 is 29.0 Å². The van der Waals surface area contributed by atoms with Crippen LogP contribution in [0.25, 0.3) is 0 Å². The highest BCUT2D eigenvalue weighted by molar-refractivity contribution is 6.31. The van der Waals surface area contributed by atoms with Crippen LogP contribution < -0.4 is 10.2 Å². The maximum Gasteiger partial charge on any atom is 0.417 e. The van der Waals surface area contributed by atoms with Gasteiger partial charge >= 0.3 is 6.18 Å². The minimum atomic E-state index is -4.85. The highest BCUT2D eigenvalue weighted by Gasteiger charge is 2.43. The zero-order valence-electron chi connectivity index (χ0n) is 15.8. The molecule has 2 heterocycles. The lowest BCUT2D eigenvalue weighted by Crippen LogP contribution is -2.46. The van der Waals surface area contributed by atoms with E-state index in [0.29, 0.717) is 12.1 Å². The monoisotopic (exact) mass is 460 g/mol.